The van der Waals surface area contributed by atoms with E-state index in [4.69, 9.17) is 0 Å². The van der Waals surface area contributed by atoms with Gasteiger partial charge in [-0.05, 0) is 23.3 Å². The lowest BCUT2D eigenvalue weighted by Crippen LogP contribution is -2.36. The summed E-state index contributed by atoms with van der Waals surface area (Å²) in [5.41, 5.74) is 2.94. The van der Waals surface area contributed by atoms with E-state index in [0.717, 1.165) is 16.0 Å². The van der Waals surface area contributed by atoms with Crippen LogP contribution in [0, 0.1) is 19.1 Å². The summed E-state index contributed by atoms with van der Waals surface area (Å²) in [4.78, 5) is 11.5. The molecule has 2 N–H and O–H groups in total. The fraction of sp³-hybridized carbons (Fsp3) is 0.238. The Bertz CT molecular complexity index is 964. The monoisotopic (exact) mass is 366 g/mol. The van der Waals surface area contributed by atoms with E-state index in [1.807, 2.05) is 41.8 Å². The van der Waals surface area contributed by atoms with Crippen LogP contribution in [0.2, 0.25) is 0 Å². The van der Waals surface area contributed by atoms with Crippen molar-refractivity contribution >= 4 is 5.97 Å². The van der Waals surface area contributed by atoms with Crippen LogP contribution in [0.25, 0.3) is 0 Å². The highest BCUT2D eigenvalue weighted by atomic mass is 16.5. The van der Waals surface area contributed by atoms with Gasteiger partial charge in [-0.2, -0.15) is 0 Å². The topological polar surface area (TPSA) is 89.4 Å². The van der Waals surface area contributed by atoms with Crippen LogP contribution in [0.3, 0.4) is 0 Å². The second-order valence-corrected chi connectivity index (χ2v) is 6.64. The van der Waals surface area contributed by atoms with Gasteiger partial charge in [-0.15, -0.1) is 0 Å². The number of hydrogen-bond donors (Lipinski definition) is 2. The van der Waals surface area contributed by atoms with Crippen LogP contribution in [-0.4, -0.2) is 20.7 Å². The summed E-state index contributed by atoms with van der Waals surface area (Å²) in [6.07, 6.45) is -0.247. The first kappa shape index (κ1) is 18.5. The maximum Gasteiger partial charge on any atom is 0.304 e. The molecule has 27 heavy (non-hydrogen) atoms. The average Bonchev–Trinajstić information content (AvgIpc) is 2.84. The zero-order chi connectivity index (χ0) is 19.6. The second-order valence-electron chi connectivity index (χ2n) is 6.64. The highest BCUT2D eigenvalue weighted by molar-refractivity contribution is 5.68. The molecule has 1 aromatic heterocycles. The Balaban J connectivity index is 2.16. The van der Waals surface area contributed by atoms with Gasteiger partial charge in [0.25, 0.3) is 5.82 Å². The standard InChI is InChI=1S/C21H22N2O4/c1-14-15(2)23(27)21(22(14)13-16-7-4-3-5-8-16)19(12-20(25)26)17-9-6-10-18(24)11-17/h3-11,19,24H,12-13H2,1-2H3,(H,25,26). The van der Waals surface area contributed by atoms with Crippen molar-refractivity contribution in [3.8, 4) is 5.75 Å². The molecule has 3 rings (SSSR count). The third kappa shape index (κ3) is 3.79. The summed E-state index contributed by atoms with van der Waals surface area (Å²) >= 11 is 0. The highest BCUT2D eigenvalue weighted by Gasteiger charge is 2.32. The van der Waals surface area contributed by atoms with Crippen LogP contribution < -0.4 is 4.73 Å². The number of aliphatic carboxylic acids is 1. The van der Waals surface area contributed by atoms with Gasteiger partial charge in [0, 0.05) is 13.8 Å². The van der Waals surface area contributed by atoms with Crippen molar-refractivity contribution in [1.82, 2.24) is 4.57 Å². The number of carboxylic acid groups (broad SMARTS) is 1. The number of hydrogen-bond acceptors (Lipinski definition) is 3. The zero-order valence-corrected chi connectivity index (χ0v) is 15.3. The summed E-state index contributed by atoms with van der Waals surface area (Å²) in [5, 5.41) is 32.2. The molecule has 0 spiro atoms. The van der Waals surface area contributed by atoms with Crippen molar-refractivity contribution in [3.63, 3.8) is 0 Å². The van der Waals surface area contributed by atoms with Gasteiger partial charge in [-0.3, -0.25) is 4.79 Å². The molecular formula is C21H22N2O4. The first-order chi connectivity index (χ1) is 12.9. The van der Waals surface area contributed by atoms with Crippen molar-refractivity contribution in [1.29, 1.82) is 0 Å². The summed E-state index contributed by atoms with van der Waals surface area (Å²) in [5.74, 6) is -1.29. The number of benzene rings is 2. The van der Waals surface area contributed by atoms with Crippen molar-refractivity contribution in [2.75, 3.05) is 0 Å². The van der Waals surface area contributed by atoms with Crippen LogP contribution >= 0.6 is 0 Å². The lowest BCUT2D eigenvalue weighted by molar-refractivity contribution is -0.621. The molecule has 0 saturated carbocycles. The number of phenolic OH excluding ortho intramolecular Hbond substituents is 1. The third-order valence-corrected chi connectivity index (χ3v) is 4.86. The molecule has 0 aliphatic carbocycles. The summed E-state index contributed by atoms with van der Waals surface area (Å²) in [6, 6.07) is 16.1. The molecule has 0 aliphatic heterocycles. The van der Waals surface area contributed by atoms with Gasteiger partial charge in [0.05, 0.1) is 12.3 Å². The molecule has 0 amide bonds. The van der Waals surface area contributed by atoms with E-state index >= 15 is 0 Å². The minimum atomic E-state index is -1.01. The molecule has 0 saturated heterocycles. The molecule has 0 radical (unpaired) electrons. The molecule has 1 unspecified atom stereocenters. The zero-order valence-electron chi connectivity index (χ0n) is 15.3. The van der Waals surface area contributed by atoms with Crippen molar-refractivity contribution in [3.05, 3.63) is 88.1 Å². The number of carbonyl (C=O) groups is 1. The van der Waals surface area contributed by atoms with E-state index in [9.17, 15) is 20.2 Å². The Labute approximate surface area is 157 Å². The molecule has 1 heterocycles. The maximum atomic E-state index is 12.9. The smallest absolute Gasteiger partial charge is 0.304 e. The predicted molar refractivity (Wildman–Crippen MR) is 101 cm³/mol. The van der Waals surface area contributed by atoms with Crippen molar-refractivity contribution in [2.24, 2.45) is 0 Å². The first-order valence-electron chi connectivity index (χ1n) is 8.72. The fourth-order valence-electron chi connectivity index (χ4n) is 3.37. The number of carboxylic acids is 1. The maximum absolute atomic E-state index is 12.9. The normalized spacial score (nSPS) is 12.1. The number of aromatic hydroxyl groups is 1. The Kier molecular flexibility index (Phi) is 5.16. The molecule has 140 valence electrons. The summed E-state index contributed by atoms with van der Waals surface area (Å²) in [6.45, 7) is 4.05. The van der Waals surface area contributed by atoms with Gasteiger partial charge >= 0.3 is 5.97 Å². The molecule has 0 bridgehead atoms. The minimum Gasteiger partial charge on any atom is -0.711 e. The minimum absolute atomic E-state index is 0.0370. The van der Waals surface area contributed by atoms with Crippen molar-refractivity contribution in [2.45, 2.75) is 32.7 Å². The van der Waals surface area contributed by atoms with Gasteiger partial charge < -0.3 is 15.4 Å². The molecule has 0 fully saturated rings. The highest BCUT2D eigenvalue weighted by Crippen LogP contribution is 2.30. The van der Waals surface area contributed by atoms with Gasteiger partial charge in [0.2, 0.25) is 0 Å². The quantitative estimate of drug-likeness (QED) is 0.518. The van der Waals surface area contributed by atoms with Crippen LogP contribution in [0.4, 0.5) is 0 Å². The largest absolute Gasteiger partial charge is 0.711 e. The molecule has 6 nitrogen and oxygen atoms in total. The molecular weight excluding hydrogens is 344 g/mol. The SMILES string of the molecule is Cc1c(C)[n+]([O-])c(C(CC(=O)O)c2cccc(O)c2)n1Cc1ccccc1. The molecule has 2 aromatic carbocycles. The number of imidazole rings is 1. The number of rotatable bonds is 6. The van der Waals surface area contributed by atoms with Crippen LogP contribution in [0.15, 0.2) is 54.6 Å². The van der Waals surface area contributed by atoms with Crippen LogP contribution in [0.1, 0.15) is 40.7 Å². The van der Waals surface area contributed by atoms with E-state index < -0.39 is 11.9 Å². The third-order valence-electron chi connectivity index (χ3n) is 4.86. The Hall–Kier alpha value is -3.28. The number of phenols is 1. The molecule has 1 atom stereocenters. The van der Waals surface area contributed by atoms with Crippen molar-refractivity contribution < 1.29 is 19.7 Å². The van der Waals surface area contributed by atoms with E-state index in [2.05, 4.69) is 0 Å². The Morgan fingerprint density at radius 2 is 1.85 bits per heavy atom. The lowest BCUT2D eigenvalue weighted by atomic mass is 9.94. The Morgan fingerprint density at radius 1 is 1.15 bits per heavy atom. The number of nitrogens with zero attached hydrogens (tertiary/aromatic N) is 2. The summed E-state index contributed by atoms with van der Waals surface area (Å²) < 4.78 is 2.69. The number of aromatic nitrogens is 2. The second kappa shape index (κ2) is 7.53. The van der Waals surface area contributed by atoms with E-state index in [1.54, 1.807) is 19.1 Å². The first-order valence-corrected chi connectivity index (χ1v) is 8.72. The van der Waals surface area contributed by atoms with Crippen LogP contribution in [-0.2, 0) is 11.3 Å². The molecule has 0 aliphatic rings. The van der Waals surface area contributed by atoms with Gasteiger partial charge in [-0.25, -0.2) is 9.30 Å². The van der Waals surface area contributed by atoms with E-state index in [1.165, 1.54) is 12.1 Å². The van der Waals surface area contributed by atoms with Gasteiger partial charge in [0.15, 0.2) is 0 Å². The fourth-order valence-corrected chi connectivity index (χ4v) is 3.37. The average molecular weight is 366 g/mol. The van der Waals surface area contributed by atoms with Gasteiger partial charge in [0.1, 0.15) is 23.7 Å². The Morgan fingerprint density at radius 3 is 2.48 bits per heavy atom. The lowest BCUT2D eigenvalue weighted by Gasteiger charge is -2.17. The van der Waals surface area contributed by atoms with Crippen LogP contribution in [0.5, 0.6) is 5.75 Å². The predicted octanol–water partition coefficient (Wildman–Crippen LogP) is 3.10. The van der Waals surface area contributed by atoms with E-state index in [0.29, 0.717) is 23.6 Å². The molecule has 3 aromatic rings. The summed E-state index contributed by atoms with van der Waals surface area (Å²) in [7, 11) is 0. The van der Waals surface area contributed by atoms with E-state index in [-0.39, 0.29) is 12.2 Å². The molecule has 6 heteroatoms. The van der Waals surface area contributed by atoms with Gasteiger partial charge in [-0.1, -0.05) is 42.5 Å².